The number of carbonyl (C=O) groups is 2. The normalized spacial score (nSPS) is 14.4. The molecular formula is C29H34N4O4S. The van der Waals surface area contributed by atoms with E-state index in [1.165, 1.54) is 12.8 Å². The molecule has 38 heavy (non-hydrogen) atoms. The Hall–Kier alpha value is -3.56. The maximum Gasteiger partial charge on any atom is 0.322 e. The zero-order valence-electron chi connectivity index (χ0n) is 21.7. The van der Waals surface area contributed by atoms with E-state index >= 15 is 0 Å². The third kappa shape index (κ3) is 6.65. The van der Waals surface area contributed by atoms with Crippen LogP contribution in [0.1, 0.15) is 28.8 Å². The number of hydrogen-bond donors (Lipinski definition) is 1. The highest BCUT2D eigenvalue weighted by atomic mass is 32.1. The minimum Gasteiger partial charge on any atom is -0.454 e. The first-order chi connectivity index (χ1) is 18.5. The summed E-state index contributed by atoms with van der Waals surface area (Å²) in [6, 6.07) is 16.9. The molecule has 0 unspecified atom stereocenters. The van der Waals surface area contributed by atoms with Crippen LogP contribution in [0.15, 0.2) is 60.0 Å². The molecular weight excluding hydrogens is 500 g/mol. The average Bonchev–Trinajstić information content (AvgIpc) is 3.69. The lowest BCUT2D eigenvalue weighted by Gasteiger charge is -2.29. The number of benzene rings is 2. The van der Waals surface area contributed by atoms with E-state index in [1.54, 1.807) is 16.2 Å². The maximum absolute atomic E-state index is 13.8. The number of aryl methyl sites for hydroxylation is 1. The van der Waals surface area contributed by atoms with Crippen molar-refractivity contribution >= 4 is 29.0 Å². The largest absolute Gasteiger partial charge is 0.454 e. The van der Waals surface area contributed by atoms with E-state index in [0.717, 1.165) is 35.6 Å². The summed E-state index contributed by atoms with van der Waals surface area (Å²) in [4.78, 5) is 34.1. The van der Waals surface area contributed by atoms with Crippen molar-refractivity contribution in [3.8, 4) is 11.5 Å². The van der Waals surface area contributed by atoms with E-state index in [-0.39, 0.29) is 25.3 Å². The SMILES string of the molecule is Cc1ccsc1CN(Cc1ccc2c(c1)OCO2)C(=O)CN(CCN1CCCC1)C(=O)Nc1ccccc1. The average molecular weight is 535 g/mol. The number of rotatable bonds is 10. The van der Waals surface area contributed by atoms with E-state index in [1.807, 2.05) is 58.8 Å². The van der Waals surface area contributed by atoms with E-state index in [9.17, 15) is 9.59 Å². The van der Waals surface area contributed by atoms with Crippen molar-refractivity contribution in [3.63, 3.8) is 0 Å². The van der Waals surface area contributed by atoms with Gasteiger partial charge in [-0.15, -0.1) is 11.3 Å². The van der Waals surface area contributed by atoms with Gasteiger partial charge in [0.1, 0.15) is 6.54 Å². The van der Waals surface area contributed by atoms with Crippen LogP contribution >= 0.6 is 11.3 Å². The fourth-order valence-electron chi connectivity index (χ4n) is 4.74. The standard InChI is InChI=1S/C29H34N4O4S/c1-22-11-16-38-27(22)19-33(18-23-9-10-25-26(17-23)37-21-36-25)28(34)20-32(15-14-31-12-5-6-13-31)29(35)30-24-7-3-2-4-8-24/h2-4,7-11,16-17H,5-6,12-15,18-21H2,1H3,(H,30,35). The van der Waals surface area contributed by atoms with Crippen LogP contribution in [0.5, 0.6) is 11.5 Å². The number of carbonyl (C=O) groups excluding carboxylic acids is 2. The Morgan fingerprint density at radius 2 is 1.76 bits per heavy atom. The van der Waals surface area contributed by atoms with Crippen molar-refractivity contribution in [1.29, 1.82) is 0 Å². The molecule has 1 saturated heterocycles. The molecule has 8 nitrogen and oxygen atoms in total. The van der Waals surface area contributed by atoms with Gasteiger partial charge in [0.2, 0.25) is 12.7 Å². The molecule has 5 rings (SSSR count). The number of nitrogens with one attached hydrogen (secondary N) is 1. The Kier molecular flexibility index (Phi) is 8.45. The van der Waals surface area contributed by atoms with Crippen LogP contribution in [-0.4, -0.2) is 66.2 Å². The Balaban J connectivity index is 1.33. The first-order valence-electron chi connectivity index (χ1n) is 13.1. The van der Waals surface area contributed by atoms with Crippen LogP contribution in [0, 0.1) is 6.92 Å². The fraction of sp³-hybridized carbons (Fsp3) is 0.379. The topological polar surface area (TPSA) is 74.4 Å². The van der Waals surface area contributed by atoms with Gasteiger partial charge >= 0.3 is 6.03 Å². The van der Waals surface area contributed by atoms with Gasteiger partial charge in [0.15, 0.2) is 11.5 Å². The lowest BCUT2D eigenvalue weighted by atomic mass is 10.1. The number of para-hydroxylation sites is 1. The van der Waals surface area contributed by atoms with Crippen LogP contribution in [0.25, 0.3) is 0 Å². The summed E-state index contributed by atoms with van der Waals surface area (Å²) in [7, 11) is 0. The zero-order chi connectivity index (χ0) is 26.3. The predicted molar refractivity (Wildman–Crippen MR) is 149 cm³/mol. The Morgan fingerprint density at radius 3 is 2.53 bits per heavy atom. The molecule has 0 atom stereocenters. The number of fused-ring (bicyclic) bond motifs is 1. The molecule has 0 spiro atoms. The van der Waals surface area contributed by atoms with Crippen LogP contribution in [0.4, 0.5) is 10.5 Å². The minimum absolute atomic E-state index is 0.00147. The van der Waals surface area contributed by atoms with E-state index in [0.29, 0.717) is 36.8 Å². The number of likely N-dealkylation sites (tertiary alicyclic amines) is 1. The molecule has 0 saturated carbocycles. The van der Waals surface area contributed by atoms with E-state index in [2.05, 4.69) is 23.2 Å². The van der Waals surface area contributed by atoms with Crippen molar-refractivity contribution in [1.82, 2.24) is 14.7 Å². The predicted octanol–water partition coefficient (Wildman–Crippen LogP) is 4.94. The molecule has 9 heteroatoms. The lowest BCUT2D eigenvalue weighted by Crippen LogP contribution is -2.46. The molecule has 1 fully saturated rings. The zero-order valence-corrected chi connectivity index (χ0v) is 22.5. The highest BCUT2D eigenvalue weighted by Crippen LogP contribution is 2.33. The molecule has 1 N–H and O–H groups in total. The van der Waals surface area contributed by atoms with Gasteiger partial charge in [0, 0.05) is 30.2 Å². The number of thiophene rings is 1. The summed E-state index contributed by atoms with van der Waals surface area (Å²) >= 11 is 1.64. The molecule has 3 heterocycles. The maximum atomic E-state index is 13.8. The number of amides is 3. The second-order valence-electron chi connectivity index (χ2n) is 9.73. The van der Waals surface area contributed by atoms with Gasteiger partial charge < -0.3 is 29.5 Å². The van der Waals surface area contributed by atoms with Crippen molar-refractivity contribution in [2.45, 2.75) is 32.9 Å². The molecule has 0 aliphatic carbocycles. The summed E-state index contributed by atoms with van der Waals surface area (Å²) in [5.41, 5.74) is 2.82. The van der Waals surface area contributed by atoms with Crippen LogP contribution in [-0.2, 0) is 17.9 Å². The molecule has 3 aromatic rings. The Morgan fingerprint density at radius 1 is 0.974 bits per heavy atom. The summed E-state index contributed by atoms with van der Waals surface area (Å²) in [6.45, 7) is 6.47. The first kappa shape index (κ1) is 26.1. The second-order valence-corrected chi connectivity index (χ2v) is 10.7. The number of urea groups is 1. The van der Waals surface area contributed by atoms with Gasteiger partial charge in [-0.2, -0.15) is 0 Å². The molecule has 2 aliphatic rings. The van der Waals surface area contributed by atoms with E-state index < -0.39 is 0 Å². The summed E-state index contributed by atoms with van der Waals surface area (Å²) in [5, 5.41) is 5.01. The van der Waals surface area contributed by atoms with Gasteiger partial charge in [-0.05, 0) is 79.7 Å². The summed E-state index contributed by atoms with van der Waals surface area (Å²) in [5.74, 6) is 1.31. The minimum atomic E-state index is -0.265. The van der Waals surface area contributed by atoms with Crippen LogP contribution in [0.3, 0.4) is 0 Å². The fourth-order valence-corrected chi connectivity index (χ4v) is 5.66. The second kappa shape index (κ2) is 12.3. The van der Waals surface area contributed by atoms with Gasteiger partial charge in [-0.25, -0.2) is 4.79 Å². The molecule has 0 bridgehead atoms. The van der Waals surface area contributed by atoms with Crippen molar-refractivity contribution < 1.29 is 19.1 Å². The lowest BCUT2D eigenvalue weighted by molar-refractivity contribution is -0.133. The summed E-state index contributed by atoms with van der Waals surface area (Å²) in [6.07, 6.45) is 2.36. The van der Waals surface area contributed by atoms with Gasteiger partial charge in [-0.3, -0.25) is 4.79 Å². The van der Waals surface area contributed by atoms with Crippen LogP contribution in [0.2, 0.25) is 0 Å². The molecule has 2 aliphatic heterocycles. The Bertz CT molecular complexity index is 1240. The van der Waals surface area contributed by atoms with Crippen LogP contribution < -0.4 is 14.8 Å². The number of anilines is 1. The van der Waals surface area contributed by atoms with Crippen molar-refractivity contribution in [2.24, 2.45) is 0 Å². The summed E-state index contributed by atoms with van der Waals surface area (Å²) < 4.78 is 11.0. The Labute approximate surface area is 227 Å². The van der Waals surface area contributed by atoms with Gasteiger partial charge in [0.25, 0.3) is 0 Å². The third-order valence-electron chi connectivity index (χ3n) is 6.99. The molecule has 200 valence electrons. The quantitative estimate of drug-likeness (QED) is 0.399. The molecule has 3 amide bonds. The first-order valence-corrected chi connectivity index (χ1v) is 14.0. The van der Waals surface area contributed by atoms with Crippen molar-refractivity contribution in [2.75, 3.05) is 44.8 Å². The molecule has 0 radical (unpaired) electrons. The third-order valence-corrected chi connectivity index (χ3v) is 8.00. The molecule has 1 aromatic heterocycles. The van der Waals surface area contributed by atoms with Crippen molar-refractivity contribution in [3.05, 3.63) is 76.0 Å². The molecule has 2 aromatic carbocycles. The monoisotopic (exact) mass is 534 g/mol. The number of ether oxygens (including phenoxy) is 2. The van der Waals surface area contributed by atoms with E-state index in [4.69, 9.17) is 9.47 Å². The highest BCUT2D eigenvalue weighted by Gasteiger charge is 2.25. The van der Waals surface area contributed by atoms with Gasteiger partial charge in [0.05, 0.1) is 6.54 Å². The number of nitrogens with zero attached hydrogens (tertiary/aromatic N) is 3. The van der Waals surface area contributed by atoms with Gasteiger partial charge in [-0.1, -0.05) is 24.3 Å². The number of hydrogen-bond acceptors (Lipinski definition) is 6. The highest BCUT2D eigenvalue weighted by molar-refractivity contribution is 7.10. The smallest absolute Gasteiger partial charge is 0.322 e.